The van der Waals surface area contributed by atoms with Crippen LogP contribution >= 0.6 is 0 Å². The van der Waals surface area contributed by atoms with E-state index in [0.29, 0.717) is 23.2 Å². The van der Waals surface area contributed by atoms with Crippen molar-refractivity contribution in [2.45, 2.75) is 114 Å². The molecule has 2 N–H and O–H groups in total. The van der Waals surface area contributed by atoms with E-state index in [1.54, 1.807) is 12.1 Å². The summed E-state index contributed by atoms with van der Waals surface area (Å²) < 4.78 is 40.6. The maximum absolute atomic E-state index is 13.4. The number of carboxylic acid groups (broad SMARTS) is 1. The standard InChI is InChI=1S/C42H47N7O6.C2HF3O2/c1-24-5-9-33-35(48(24)40(52)25-6-7-25)12-11-31(38(33)55-30-3-2-4-30)26-20-43-47(21-26)27-15-17-45(18-16-27)29-22-46(23-29)28-8-10-32-34(19-28)42(54)49(41(32)53)36-13-14-37(50)44-39(36)51;3-2(4,5)1(6)7/h8,10-12,19-21,24-25,27,29-30,36H,2-7,9,13-18,22-23H2,1H3,(H,44,50,51);(H,6,7). The van der Waals surface area contributed by atoms with Crippen LogP contribution in [0.4, 0.5) is 24.5 Å². The average molecular weight is 860 g/mol. The van der Waals surface area contributed by atoms with E-state index < -0.39 is 35.9 Å². The van der Waals surface area contributed by atoms with Crippen molar-refractivity contribution in [2.24, 2.45) is 5.92 Å². The minimum atomic E-state index is -5.08. The summed E-state index contributed by atoms with van der Waals surface area (Å²) in [6.45, 7) is 5.77. The van der Waals surface area contributed by atoms with E-state index in [-0.39, 0.29) is 42.7 Å². The molecule has 0 radical (unpaired) electrons. The Morgan fingerprint density at radius 2 is 1.55 bits per heavy atom. The Morgan fingerprint density at radius 1 is 0.855 bits per heavy atom. The lowest BCUT2D eigenvalue weighted by Gasteiger charge is -2.48. The molecule has 2 aliphatic carbocycles. The third kappa shape index (κ3) is 7.81. The maximum atomic E-state index is 13.4. The van der Waals surface area contributed by atoms with Gasteiger partial charge in [-0.15, -0.1) is 0 Å². The summed E-state index contributed by atoms with van der Waals surface area (Å²) in [7, 11) is 0. The summed E-state index contributed by atoms with van der Waals surface area (Å²) in [6, 6.07) is 9.55. The highest BCUT2D eigenvalue weighted by atomic mass is 19.4. The number of hydrogen-bond acceptors (Lipinski definition) is 10. The number of nitrogens with zero attached hydrogens (tertiary/aromatic N) is 6. The molecule has 3 aromatic rings. The van der Waals surface area contributed by atoms with Gasteiger partial charge >= 0.3 is 12.1 Å². The number of carbonyl (C=O) groups excluding carboxylic acids is 5. The van der Waals surface area contributed by atoms with Crippen LogP contribution in [0.1, 0.15) is 103 Å². The van der Waals surface area contributed by atoms with E-state index in [0.717, 1.165) is 111 Å². The molecule has 5 aliphatic heterocycles. The fourth-order valence-electron chi connectivity index (χ4n) is 9.43. The minimum absolute atomic E-state index is 0.0971. The van der Waals surface area contributed by atoms with Crippen LogP contribution in [0.3, 0.4) is 0 Å². The predicted octanol–water partition coefficient (Wildman–Crippen LogP) is 5.12. The number of imide groups is 2. The highest BCUT2D eigenvalue weighted by molar-refractivity contribution is 6.23. The van der Waals surface area contributed by atoms with E-state index in [4.69, 9.17) is 19.7 Å². The van der Waals surface area contributed by atoms with Crippen molar-refractivity contribution in [1.29, 1.82) is 0 Å². The van der Waals surface area contributed by atoms with Gasteiger partial charge in [0.15, 0.2) is 0 Å². The average Bonchev–Trinajstić information content (AvgIpc) is 3.89. The number of piperidine rings is 2. The van der Waals surface area contributed by atoms with E-state index >= 15 is 0 Å². The van der Waals surface area contributed by atoms with Crippen molar-refractivity contribution in [3.8, 4) is 16.9 Å². The lowest BCUT2D eigenvalue weighted by molar-refractivity contribution is -0.192. The lowest BCUT2D eigenvalue weighted by atomic mass is 9.91. The predicted molar refractivity (Wildman–Crippen MR) is 217 cm³/mol. The molecule has 6 heterocycles. The number of halogens is 3. The molecule has 0 spiro atoms. The van der Waals surface area contributed by atoms with E-state index in [2.05, 4.69) is 50.0 Å². The highest BCUT2D eigenvalue weighted by Gasteiger charge is 2.46. The second-order valence-corrected chi connectivity index (χ2v) is 17.5. The van der Waals surface area contributed by atoms with Gasteiger partial charge < -0.3 is 19.6 Å². The van der Waals surface area contributed by atoms with Crippen LogP contribution in [-0.2, 0) is 25.6 Å². The maximum Gasteiger partial charge on any atom is 0.490 e. The van der Waals surface area contributed by atoms with Crippen LogP contribution in [0.2, 0.25) is 0 Å². The van der Waals surface area contributed by atoms with Gasteiger partial charge in [0.05, 0.1) is 35.2 Å². The molecular formula is C44H48F3N7O8. The van der Waals surface area contributed by atoms with E-state index in [1.807, 2.05) is 12.3 Å². The zero-order chi connectivity index (χ0) is 43.6. The van der Waals surface area contributed by atoms with Crippen LogP contribution in [0.5, 0.6) is 5.75 Å². The third-order valence-corrected chi connectivity index (χ3v) is 13.4. The molecule has 3 saturated heterocycles. The molecule has 2 aromatic carbocycles. The largest absolute Gasteiger partial charge is 0.490 e. The number of aliphatic carboxylic acids is 1. The number of benzene rings is 2. The molecule has 18 heteroatoms. The fourth-order valence-corrected chi connectivity index (χ4v) is 9.43. The fraction of sp³-hybridized carbons (Fsp3) is 0.523. The number of ether oxygens (including phenoxy) is 1. The minimum Gasteiger partial charge on any atom is -0.489 e. The Morgan fingerprint density at radius 3 is 2.19 bits per heavy atom. The van der Waals surface area contributed by atoms with Gasteiger partial charge in [0.2, 0.25) is 17.7 Å². The van der Waals surface area contributed by atoms with Gasteiger partial charge in [0.1, 0.15) is 11.8 Å². The van der Waals surface area contributed by atoms with E-state index in [1.165, 1.54) is 12.0 Å². The summed E-state index contributed by atoms with van der Waals surface area (Å²) in [5.41, 5.74) is 5.82. The number of likely N-dealkylation sites (tertiary alicyclic amines) is 1. The van der Waals surface area contributed by atoms with Gasteiger partial charge in [-0.2, -0.15) is 18.3 Å². The van der Waals surface area contributed by atoms with Crippen molar-refractivity contribution < 1.29 is 51.8 Å². The molecule has 15 nitrogen and oxygen atoms in total. The third-order valence-electron chi connectivity index (χ3n) is 13.4. The summed E-state index contributed by atoms with van der Waals surface area (Å²) in [5.74, 6) is -3.33. The molecule has 2 atom stereocenters. The summed E-state index contributed by atoms with van der Waals surface area (Å²) >= 11 is 0. The van der Waals surface area contributed by atoms with Crippen LogP contribution < -0.4 is 19.9 Å². The van der Waals surface area contributed by atoms with Crippen molar-refractivity contribution >= 4 is 46.9 Å². The van der Waals surface area contributed by atoms with E-state index in [9.17, 15) is 37.1 Å². The Bertz CT molecular complexity index is 2330. The smallest absolute Gasteiger partial charge is 0.489 e. The number of carboxylic acids is 1. The summed E-state index contributed by atoms with van der Waals surface area (Å²) in [5, 5.41) is 14.3. The number of fused-ring (bicyclic) bond motifs is 2. The topological polar surface area (TPSA) is 175 Å². The Balaban J connectivity index is 0.000000648. The van der Waals surface area contributed by atoms with Gasteiger partial charge in [0.25, 0.3) is 11.8 Å². The number of nitrogens with one attached hydrogen (secondary N) is 1. The van der Waals surface area contributed by atoms with Crippen LogP contribution in [0, 0.1) is 5.92 Å². The Kier molecular flexibility index (Phi) is 10.8. The first-order valence-corrected chi connectivity index (χ1v) is 21.5. The van der Waals surface area contributed by atoms with Crippen molar-refractivity contribution in [2.75, 3.05) is 36.0 Å². The number of alkyl halides is 3. The molecule has 1 aromatic heterocycles. The summed E-state index contributed by atoms with van der Waals surface area (Å²) in [4.78, 5) is 80.7. The first kappa shape index (κ1) is 41.6. The monoisotopic (exact) mass is 859 g/mol. The number of rotatable bonds is 8. The van der Waals surface area contributed by atoms with Crippen molar-refractivity contribution in [3.05, 3.63) is 59.4 Å². The lowest BCUT2D eigenvalue weighted by Crippen LogP contribution is -2.61. The number of hydrogen-bond donors (Lipinski definition) is 2. The van der Waals surface area contributed by atoms with Gasteiger partial charge in [-0.3, -0.25) is 43.8 Å². The zero-order valence-corrected chi connectivity index (χ0v) is 34.2. The summed E-state index contributed by atoms with van der Waals surface area (Å²) in [6.07, 6.45) is 8.69. The first-order valence-electron chi connectivity index (χ1n) is 21.5. The van der Waals surface area contributed by atoms with Gasteiger partial charge in [-0.1, -0.05) is 0 Å². The SMILES string of the molecule is CC1CCc2c(ccc(-c3cnn(C4CCN(C5CN(c6ccc7c(c6)C(=O)N(C6CCC(=O)NC6=O)C7=O)C5)CC4)c3)c2OC2CCC2)N1C(=O)C1CC1.O=C(O)C(F)(F)F. The Labute approximate surface area is 355 Å². The molecule has 0 bridgehead atoms. The number of carbonyl (C=O) groups is 6. The molecule has 10 rings (SSSR count). The molecule has 7 aliphatic rings. The molecule has 2 saturated carbocycles. The number of aromatic nitrogens is 2. The molecular weight excluding hydrogens is 812 g/mol. The van der Waals surface area contributed by atoms with Crippen molar-refractivity contribution in [1.82, 2.24) is 24.9 Å². The van der Waals surface area contributed by atoms with Gasteiger partial charge in [-0.05, 0) is 101 Å². The normalized spacial score (nSPS) is 23.5. The first-order chi connectivity index (χ1) is 29.7. The molecule has 5 fully saturated rings. The highest BCUT2D eigenvalue weighted by Crippen LogP contribution is 2.46. The van der Waals surface area contributed by atoms with Crippen LogP contribution in [-0.4, -0.2) is 117 Å². The van der Waals surface area contributed by atoms with Gasteiger partial charge in [-0.25, -0.2) is 4.79 Å². The number of amides is 5. The molecule has 2 unspecified atom stereocenters. The second-order valence-electron chi connectivity index (χ2n) is 17.5. The molecule has 5 amide bonds. The Hall–Kier alpha value is -5.78. The quantitative estimate of drug-likeness (QED) is 0.288. The second kappa shape index (κ2) is 16.2. The van der Waals surface area contributed by atoms with Crippen molar-refractivity contribution in [3.63, 3.8) is 0 Å². The molecule has 328 valence electrons. The van der Waals surface area contributed by atoms with Gasteiger partial charge in [0, 0.05) is 79.2 Å². The molecule has 62 heavy (non-hydrogen) atoms. The number of anilines is 2. The van der Waals surface area contributed by atoms with Crippen LogP contribution in [0.25, 0.3) is 11.1 Å². The zero-order valence-electron chi connectivity index (χ0n) is 34.2. The van der Waals surface area contributed by atoms with Crippen LogP contribution in [0.15, 0.2) is 42.7 Å².